The van der Waals surface area contributed by atoms with Crippen LogP contribution in [0, 0.1) is 0 Å². The molecule has 0 fully saturated rings. The largest absolute Gasteiger partial charge is 0.309 e. The lowest BCUT2D eigenvalue weighted by Crippen LogP contribution is -2.17. The van der Waals surface area contributed by atoms with Crippen molar-refractivity contribution in [3.05, 3.63) is 35.1 Å². The monoisotopic (exact) mass is 467 g/mol. The maximum Gasteiger partial charge on any atom is 0.280 e. The van der Waals surface area contributed by atoms with Crippen LogP contribution in [0.1, 0.15) is 17.3 Å². The van der Waals surface area contributed by atoms with Gasteiger partial charge in [-0.25, -0.2) is 4.98 Å². The summed E-state index contributed by atoms with van der Waals surface area (Å²) in [5.41, 5.74) is 2.14. The van der Waals surface area contributed by atoms with Crippen molar-refractivity contribution in [3.8, 4) is 0 Å². The lowest BCUT2D eigenvalue weighted by atomic mass is 10.1. The maximum atomic E-state index is 13.1. The molecular formula is C19H22ClN5O3S2. The Morgan fingerprint density at radius 1 is 1.37 bits per heavy atom. The Labute approximate surface area is 184 Å². The fraction of sp³-hybridized carbons (Fsp3) is 0.368. The van der Waals surface area contributed by atoms with Gasteiger partial charge in [-0.15, -0.1) is 0 Å². The van der Waals surface area contributed by atoms with Gasteiger partial charge in [-0.2, -0.15) is 8.42 Å². The molecule has 8 nitrogen and oxygen atoms in total. The number of likely N-dealkylation sites (N-methyl/N-ethyl adjacent to an activating group) is 1. The number of nitrogens with zero attached hydrogens (tertiary/aromatic N) is 4. The molecule has 1 aliphatic rings. The number of nitrogens with one attached hydrogen (secondary N) is 1. The Morgan fingerprint density at radius 2 is 2.13 bits per heavy atom. The van der Waals surface area contributed by atoms with E-state index in [4.69, 9.17) is 11.6 Å². The fourth-order valence-electron chi connectivity index (χ4n) is 3.55. The number of carbonyl (C=O) groups excluding carboxylic acids is 1. The third-order valence-corrected chi connectivity index (χ3v) is 7.71. The van der Waals surface area contributed by atoms with E-state index < -0.39 is 10.0 Å². The number of hydrogen-bond acceptors (Lipinski definition) is 6. The van der Waals surface area contributed by atoms with Crippen molar-refractivity contribution in [2.75, 3.05) is 31.1 Å². The number of carbonyl (C=O) groups is 1. The number of benzene rings is 1. The molecule has 4 rings (SSSR count). The van der Waals surface area contributed by atoms with Crippen molar-refractivity contribution in [1.29, 1.82) is 0 Å². The van der Waals surface area contributed by atoms with Crippen LogP contribution in [0.25, 0.3) is 10.9 Å². The van der Waals surface area contributed by atoms with Gasteiger partial charge in [0.25, 0.3) is 10.0 Å². The summed E-state index contributed by atoms with van der Waals surface area (Å²) in [6, 6.07) is 5.17. The Morgan fingerprint density at radius 3 is 2.83 bits per heavy atom. The minimum Gasteiger partial charge on any atom is -0.309 e. The number of imidazole rings is 1. The molecule has 2 aromatic heterocycles. The minimum absolute atomic E-state index is 0.0154. The predicted octanol–water partition coefficient (Wildman–Crippen LogP) is 3.16. The van der Waals surface area contributed by atoms with Crippen LogP contribution in [-0.4, -0.2) is 59.7 Å². The molecular weight excluding hydrogens is 446 g/mol. The molecule has 1 aromatic carbocycles. The van der Waals surface area contributed by atoms with Gasteiger partial charge < -0.3 is 9.47 Å². The highest BCUT2D eigenvalue weighted by atomic mass is 35.5. The molecule has 11 heteroatoms. The third-order valence-electron chi connectivity index (χ3n) is 4.95. The van der Waals surface area contributed by atoms with E-state index >= 15 is 0 Å². The lowest BCUT2D eigenvalue weighted by molar-refractivity contribution is 0.0941. The van der Waals surface area contributed by atoms with Crippen LogP contribution in [0.3, 0.4) is 0 Å². The summed E-state index contributed by atoms with van der Waals surface area (Å²) < 4.78 is 32.0. The van der Waals surface area contributed by atoms with E-state index in [0.29, 0.717) is 17.4 Å². The van der Waals surface area contributed by atoms with Gasteiger partial charge in [0.2, 0.25) is 5.91 Å². The average Bonchev–Trinajstić information content (AvgIpc) is 3.31. The van der Waals surface area contributed by atoms with Gasteiger partial charge in [0.1, 0.15) is 0 Å². The van der Waals surface area contributed by atoms with Gasteiger partial charge in [0.05, 0.1) is 5.52 Å². The van der Waals surface area contributed by atoms with E-state index in [1.807, 2.05) is 20.3 Å². The van der Waals surface area contributed by atoms with Gasteiger partial charge >= 0.3 is 0 Å². The van der Waals surface area contributed by atoms with Crippen molar-refractivity contribution < 1.29 is 13.2 Å². The van der Waals surface area contributed by atoms with Crippen LogP contribution >= 0.6 is 23.4 Å². The highest BCUT2D eigenvalue weighted by Crippen LogP contribution is 2.34. The summed E-state index contributed by atoms with van der Waals surface area (Å²) >= 11 is 7.61. The van der Waals surface area contributed by atoms with E-state index in [-0.39, 0.29) is 16.1 Å². The molecule has 1 N–H and O–H groups in total. The van der Waals surface area contributed by atoms with Crippen LogP contribution in [0.2, 0.25) is 5.15 Å². The molecule has 3 heterocycles. The van der Waals surface area contributed by atoms with E-state index in [1.54, 1.807) is 27.3 Å². The van der Waals surface area contributed by atoms with Crippen LogP contribution in [-0.2, 0) is 23.0 Å². The average molecular weight is 468 g/mol. The normalized spacial score (nSPS) is 13.9. The second-order valence-corrected chi connectivity index (χ2v) is 10.4. The first kappa shape index (κ1) is 21.2. The summed E-state index contributed by atoms with van der Waals surface area (Å²) in [5, 5.41) is 1.41. The van der Waals surface area contributed by atoms with Crippen molar-refractivity contribution in [1.82, 2.24) is 19.0 Å². The number of aromatic nitrogens is 3. The summed E-state index contributed by atoms with van der Waals surface area (Å²) in [5.74, 6) is 0.672. The first-order valence-electron chi connectivity index (χ1n) is 9.38. The Hall–Kier alpha value is -2.01. The summed E-state index contributed by atoms with van der Waals surface area (Å²) in [7, 11) is 0.0443. The summed E-state index contributed by atoms with van der Waals surface area (Å²) in [6.07, 6.45) is 2.56. The van der Waals surface area contributed by atoms with Gasteiger partial charge in [-0.05, 0) is 44.3 Å². The highest BCUT2D eigenvalue weighted by molar-refractivity contribution is 7.99. The molecule has 0 unspecified atom stereocenters. The first-order chi connectivity index (χ1) is 14.2. The van der Waals surface area contributed by atoms with Gasteiger partial charge in [0.15, 0.2) is 15.3 Å². The van der Waals surface area contributed by atoms with Gasteiger partial charge in [-0.3, -0.25) is 14.1 Å². The zero-order valence-electron chi connectivity index (χ0n) is 16.8. The van der Waals surface area contributed by atoms with E-state index in [0.717, 1.165) is 35.2 Å². The number of anilines is 1. The molecule has 160 valence electrons. The second kappa shape index (κ2) is 7.92. The topological polar surface area (TPSA) is 89.2 Å². The molecule has 0 spiro atoms. The molecule has 0 saturated carbocycles. The van der Waals surface area contributed by atoms with Crippen molar-refractivity contribution in [3.63, 3.8) is 0 Å². The maximum absolute atomic E-state index is 13.1. The number of halogens is 1. The molecule has 0 radical (unpaired) electrons. The Kier molecular flexibility index (Phi) is 5.60. The van der Waals surface area contributed by atoms with E-state index in [1.165, 1.54) is 18.7 Å². The first-order valence-corrected chi connectivity index (χ1v) is 12.2. The van der Waals surface area contributed by atoms with Crippen LogP contribution in [0.15, 0.2) is 34.6 Å². The highest BCUT2D eigenvalue weighted by Gasteiger charge is 2.30. The molecule has 0 bridgehead atoms. The van der Waals surface area contributed by atoms with Gasteiger partial charge in [-0.1, -0.05) is 23.4 Å². The fourth-order valence-corrected chi connectivity index (χ4v) is 6.37. The second-order valence-electron chi connectivity index (χ2n) is 7.42. The number of sulfonamides is 1. The third kappa shape index (κ3) is 3.84. The Bertz CT molecular complexity index is 1250. The number of fused-ring (bicyclic) bond motifs is 2. The molecule has 3 aromatic rings. The van der Waals surface area contributed by atoms with E-state index in [2.05, 4.69) is 14.6 Å². The molecule has 1 aliphatic heterocycles. The Balaban J connectivity index is 1.73. The summed E-state index contributed by atoms with van der Waals surface area (Å²) in [6.45, 7) is 2.86. The lowest BCUT2D eigenvalue weighted by Gasteiger charge is -2.11. The molecule has 0 saturated heterocycles. The SMILES string of the molecule is CC(=O)n1cc(CCN(C)C)c2cc(NS(=O)(=O)c3c(Cl)nc4n3CCS4)ccc21. The van der Waals surface area contributed by atoms with Crippen molar-refractivity contribution in [2.45, 2.75) is 30.1 Å². The molecule has 0 aliphatic carbocycles. The molecule has 0 atom stereocenters. The zero-order valence-corrected chi connectivity index (χ0v) is 19.2. The quantitative estimate of drug-likeness (QED) is 0.599. The number of rotatable bonds is 6. The summed E-state index contributed by atoms with van der Waals surface area (Å²) in [4.78, 5) is 18.3. The molecule has 30 heavy (non-hydrogen) atoms. The number of thioether (sulfide) groups is 1. The smallest absolute Gasteiger partial charge is 0.280 e. The zero-order chi connectivity index (χ0) is 21.6. The van der Waals surface area contributed by atoms with Crippen molar-refractivity contribution >= 4 is 55.9 Å². The van der Waals surface area contributed by atoms with Crippen LogP contribution in [0.4, 0.5) is 5.69 Å². The van der Waals surface area contributed by atoms with Crippen LogP contribution < -0.4 is 4.72 Å². The number of hydrogen-bond donors (Lipinski definition) is 1. The van der Waals surface area contributed by atoms with Crippen LogP contribution in [0.5, 0.6) is 0 Å². The molecule has 0 amide bonds. The predicted molar refractivity (Wildman–Crippen MR) is 119 cm³/mol. The van der Waals surface area contributed by atoms with Gasteiger partial charge in [0, 0.05) is 43.0 Å². The van der Waals surface area contributed by atoms with Crippen molar-refractivity contribution in [2.24, 2.45) is 0 Å². The minimum atomic E-state index is -3.92. The van der Waals surface area contributed by atoms with E-state index in [9.17, 15) is 13.2 Å². The standard InChI is InChI=1S/C19H22ClN5O3S2/c1-12(26)25-11-13(6-7-23(2)3)15-10-14(4-5-16(15)25)22-30(27,28)18-17(20)21-19-24(18)8-9-29-19/h4-5,10-11,22H,6-9H2,1-3H3.